The van der Waals surface area contributed by atoms with Crippen LogP contribution in [0.5, 0.6) is 0 Å². The lowest BCUT2D eigenvalue weighted by molar-refractivity contribution is 0.101. The summed E-state index contributed by atoms with van der Waals surface area (Å²) in [5.74, 6) is 0.507. The fourth-order valence-electron chi connectivity index (χ4n) is 1.87. The Labute approximate surface area is 111 Å². The monoisotopic (exact) mass is 262 g/mol. The van der Waals surface area contributed by atoms with E-state index in [4.69, 9.17) is 4.74 Å². The van der Waals surface area contributed by atoms with Crippen LogP contribution in [0.2, 0.25) is 0 Å². The third-order valence-electron chi connectivity index (χ3n) is 2.94. The maximum absolute atomic E-state index is 12.2. The number of hydrogen-bond acceptors (Lipinski definition) is 3. The second-order valence-corrected chi connectivity index (χ2v) is 4.16. The number of hydrogen-bond donors (Lipinski definition) is 2. The van der Waals surface area contributed by atoms with Crippen LogP contribution in [0.25, 0.3) is 0 Å². The Kier molecular flexibility index (Phi) is 4.35. The van der Waals surface area contributed by atoms with Gasteiger partial charge in [0.2, 0.25) is 0 Å². The van der Waals surface area contributed by atoms with Crippen LogP contribution in [0.3, 0.4) is 0 Å². The molecule has 6 heteroatoms. The van der Waals surface area contributed by atoms with Crippen molar-refractivity contribution in [3.05, 3.63) is 35.8 Å². The Morgan fingerprint density at radius 1 is 1.58 bits per heavy atom. The van der Waals surface area contributed by atoms with Gasteiger partial charge in [0.05, 0.1) is 12.8 Å². The van der Waals surface area contributed by atoms with E-state index in [1.807, 2.05) is 23.8 Å². The molecule has 2 N–H and O–H groups in total. The summed E-state index contributed by atoms with van der Waals surface area (Å²) < 4.78 is 6.89. The molecule has 0 aliphatic carbocycles. The van der Waals surface area contributed by atoms with Gasteiger partial charge in [0, 0.05) is 25.4 Å². The average Bonchev–Trinajstić information content (AvgIpc) is 3.04. The Bertz CT molecular complexity index is 544. The van der Waals surface area contributed by atoms with Crippen molar-refractivity contribution in [1.29, 1.82) is 0 Å². The summed E-state index contributed by atoms with van der Waals surface area (Å²) in [6.07, 6.45) is 4.40. The molecule has 6 nitrogen and oxygen atoms in total. The lowest BCUT2D eigenvalue weighted by Gasteiger charge is -2.09. The van der Waals surface area contributed by atoms with Gasteiger partial charge in [-0.2, -0.15) is 5.10 Å². The molecule has 0 unspecified atom stereocenters. The normalized spacial score (nSPS) is 10.6. The van der Waals surface area contributed by atoms with Crippen LogP contribution in [0, 0.1) is 0 Å². The van der Waals surface area contributed by atoms with Gasteiger partial charge in [0.15, 0.2) is 0 Å². The lowest BCUT2D eigenvalue weighted by atomic mass is 10.2. The number of carbonyl (C=O) groups is 1. The number of ether oxygens (including phenoxy) is 1. The first-order chi connectivity index (χ1) is 9.26. The van der Waals surface area contributed by atoms with E-state index in [9.17, 15) is 4.79 Å². The fourth-order valence-corrected chi connectivity index (χ4v) is 1.87. The molecule has 2 rings (SSSR count). The lowest BCUT2D eigenvalue weighted by Crippen LogP contribution is -2.18. The maximum Gasteiger partial charge on any atom is 0.273 e. The van der Waals surface area contributed by atoms with Crippen molar-refractivity contribution in [2.75, 3.05) is 19.0 Å². The number of amides is 1. The van der Waals surface area contributed by atoms with Gasteiger partial charge in [0.25, 0.3) is 5.91 Å². The van der Waals surface area contributed by atoms with Gasteiger partial charge < -0.3 is 14.6 Å². The fraction of sp³-hybridized carbons (Fsp3) is 0.385. The zero-order chi connectivity index (χ0) is 13.7. The summed E-state index contributed by atoms with van der Waals surface area (Å²) in [6, 6.07) is 3.63. The van der Waals surface area contributed by atoms with Crippen LogP contribution >= 0.6 is 0 Å². The third kappa shape index (κ3) is 3.03. The van der Waals surface area contributed by atoms with Gasteiger partial charge in [-0.25, -0.2) is 0 Å². The van der Waals surface area contributed by atoms with Crippen LogP contribution in [-0.2, 0) is 17.7 Å². The molecule has 0 spiro atoms. The molecular weight excluding hydrogens is 244 g/mol. The van der Waals surface area contributed by atoms with Gasteiger partial charge >= 0.3 is 0 Å². The molecule has 102 valence electrons. The van der Waals surface area contributed by atoms with E-state index in [1.54, 1.807) is 19.4 Å². The highest BCUT2D eigenvalue weighted by Crippen LogP contribution is 2.13. The van der Waals surface area contributed by atoms with Crippen molar-refractivity contribution in [1.82, 2.24) is 14.8 Å². The number of aryl methyl sites for hydroxylation is 1. The Hall–Kier alpha value is -2.08. The SMILES string of the molecule is CCc1cn[nH]c1NC(=O)c1cccn1CCOC. The first kappa shape index (κ1) is 13.4. The number of methoxy groups -OCH3 is 1. The number of nitrogens with one attached hydrogen (secondary N) is 2. The summed E-state index contributed by atoms with van der Waals surface area (Å²) in [6.45, 7) is 3.23. The first-order valence-electron chi connectivity index (χ1n) is 6.24. The first-order valence-corrected chi connectivity index (χ1v) is 6.24. The smallest absolute Gasteiger partial charge is 0.273 e. The number of aromatic nitrogens is 3. The van der Waals surface area contributed by atoms with Crippen molar-refractivity contribution in [3.8, 4) is 0 Å². The van der Waals surface area contributed by atoms with Crippen molar-refractivity contribution in [2.24, 2.45) is 0 Å². The second-order valence-electron chi connectivity index (χ2n) is 4.16. The molecule has 1 amide bonds. The minimum atomic E-state index is -0.153. The second kappa shape index (κ2) is 6.19. The molecule has 19 heavy (non-hydrogen) atoms. The summed E-state index contributed by atoms with van der Waals surface area (Å²) >= 11 is 0. The Morgan fingerprint density at radius 2 is 2.42 bits per heavy atom. The van der Waals surface area contributed by atoms with Gasteiger partial charge in [-0.15, -0.1) is 0 Å². The van der Waals surface area contributed by atoms with Gasteiger partial charge in [-0.1, -0.05) is 6.92 Å². The maximum atomic E-state index is 12.2. The summed E-state index contributed by atoms with van der Waals surface area (Å²) in [5.41, 5.74) is 1.59. The van der Waals surface area contributed by atoms with Crippen molar-refractivity contribution in [2.45, 2.75) is 19.9 Å². The molecule has 0 bridgehead atoms. The highest BCUT2D eigenvalue weighted by molar-refractivity contribution is 6.03. The van der Waals surface area contributed by atoms with Crippen LogP contribution < -0.4 is 5.32 Å². The van der Waals surface area contributed by atoms with Crippen LogP contribution in [0.1, 0.15) is 23.0 Å². The number of aromatic amines is 1. The molecule has 0 fully saturated rings. The molecule has 2 heterocycles. The average molecular weight is 262 g/mol. The molecule has 0 aromatic carbocycles. The van der Waals surface area contributed by atoms with Crippen LogP contribution in [-0.4, -0.2) is 34.4 Å². The van der Waals surface area contributed by atoms with Crippen molar-refractivity contribution < 1.29 is 9.53 Å². The molecule has 2 aromatic heterocycles. The highest BCUT2D eigenvalue weighted by Gasteiger charge is 2.13. The molecule has 0 radical (unpaired) electrons. The number of rotatable bonds is 6. The number of H-pyrrole nitrogens is 1. The topological polar surface area (TPSA) is 71.9 Å². The molecule has 0 saturated heterocycles. The van der Waals surface area contributed by atoms with Gasteiger partial charge in [-0.05, 0) is 18.6 Å². The van der Waals surface area contributed by atoms with Gasteiger partial charge in [-0.3, -0.25) is 9.89 Å². The van der Waals surface area contributed by atoms with Crippen molar-refractivity contribution >= 4 is 11.7 Å². The number of nitrogens with zero attached hydrogens (tertiary/aromatic N) is 2. The number of carbonyl (C=O) groups excluding carboxylic acids is 1. The van der Waals surface area contributed by atoms with E-state index < -0.39 is 0 Å². The highest BCUT2D eigenvalue weighted by atomic mass is 16.5. The largest absolute Gasteiger partial charge is 0.383 e. The van der Waals surface area contributed by atoms with Crippen LogP contribution in [0.15, 0.2) is 24.5 Å². The zero-order valence-electron chi connectivity index (χ0n) is 11.1. The van der Waals surface area contributed by atoms with E-state index in [0.717, 1.165) is 12.0 Å². The summed E-state index contributed by atoms with van der Waals surface area (Å²) in [4.78, 5) is 12.2. The zero-order valence-corrected chi connectivity index (χ0v) is 11.1. The van der Waals surface area contributed by atoms with Gasteiger partial charge in [0.1, 0.15) is 11.5 Å². The third-order valence-corrected chi connectivity index (χ3v) is 2.94. The molecule has 0 aliphatic rings. The minimum Gasteiger partial charge on any atom is -0.383 e. The summed E-state index contributed by atoms with van der Waals surface area (Å²) in [5, 5.41) is 9.57. The summed E-state index contributed by atoms with van der Waals surface area (Å²) in [7, 11) is 1.64. The van der Waals surface area contributed by atoms with E-state index in [-0.39, 0.29) is 5.91 Å². The Morgan fingerprint density at radius 3 is 3.16 bits per heavy atom. The quantitative estimate of drug-likeness (QED) is 0.831. The van der Waals surface area contributed by atoms with Crippen molar-refractivity contribution in [3.63, 3.8) is 0 Å². The predicted octanol–water partition coefficient (Wildman–Crippen LogP) is 1.67. The predicted molar refractivity (Wildman–Crippen MR) is 72.2 cm³/mol. The molecule has 0 aliphatic heterocycles. The molecule has 2 aromatic rings. The van der Waals surface area contributed by atoms with E-state index in [1.165, 1.54) is 0 Å². The van der Waals surface area contributed by atoms with E-state index in [0.29, 0.717) is 24.7 Å². The standard InChI is InChI=1S/C13H18N4O2/c1-3-10-9-14-16-12(10)15-13(18)11-5-4-6-17(11)7-8-19-2/h4-6,9H,3,7-8H2,1-2H3,(H2,14,15,16,18). The number of anilines is 1. The minimum absolute atomic E-state index is 0.153. The Balaban J connectivity index is 2.10. The molecule has 0 atom stereocenters. The van der Waals surface area contributed by atoms with E-state index >= 15 is 0 Å². The molecule has 0 saturated carbocycles. The van der Waals surface area contributed by atoms with E-state index in [2.05, 4.69) is 15.5 Å². The van der Waals surface area contributed by atoms with Crippen LogP contribution in [0.4, 0.5) is 5.82 Å². The molecular formula is C13H18N4O2.